The van der Waals surface area contributed by atoms with Crippen LogP contribution in [0.4, 0.5) is 0 Å². The number of hydrogen-bond donors (Lipinski definition) is 0. The summed E-state index contributed by atoms with van der Waals surface area (Å²) in [5, 5.41) is 0. The lowest BCUT2D eigenvalue weighted by Crippen LogP contribution is -2.50. The van der Waals surface area contributed by atoms with Crippen LogP contribution in [-0.2, 0) is 0 Å². The summed E-state index contributed by atoms with van der Waals surface area (Å²) in [6, 6.07) is 1.91. The minimum Gasteiger partial charge on any atom is -0.300 e. The van der Waals surface area contributed by atoms with Crippen molar-refractivity contribution in [1.29, 1.82) is 0 Å². The minimum atomic E-state index is 0.926. The van der Waals surface area contributed by atoms with Crippen LogP contribution in [0, 0.1) is 11.8 Å². The molecule has 2 aliphatic carbocycles. The third kappa shape index (κ3) is 2.47. The molecule has 4 rings (SSSR count). The molecule has 3 atom stereocenters. The molecule has 0 radical (unpaired) electrons. The van der Waals surface area contributed by atoms with Crippen LogP contribution in [-0.4, -0.2) is 48.1 Å². The van der Waals surface area contributed by atoms with Crippen molar-refractivity contribution in [3.63, 3.8) is 0 Å². The van der Waals surface area contributed by atoms with E-state index in [-0.39, 0.29) is 0 Å². The highest BCUT2D eigenvalue weighted by Crippen LogP contribution is 2.47. The number of likely N-dealkylation sites (tertiary alicyclic amines) is 2. The van der Waals surface area contributed by atoms with Gasteiger partial charge in [-0.3, -0.25) is 4.90 Å². The van der Waals surface area contributed by atoms with Crippen molar-refractivity contribution >= 4 is 0 Å². The van der Waals surface area contributed by atoms with E-state index in [0.717, 1.165) is 23.9 Å². The molecular formula is C17H30N2. The highest BCUT2D eigenvalue weighted by molar-refractivity contribution is 4.97. The van der Waals surface area contributed by atoms with Gasteiger partial charge in [-0.25, -0.2) is 0 Å². The molecule has 0 aromatic heterocycles. The van der Waals surface area contributed by atoms with Crippen LogP contribution in [0.1, 0.15) is 57.8 Å². The second-order valence-corrected chi connectivity index (χ2v) is 7.61. The molecule has 2 aliphatic heterocycles. The zero-order valence-corrected chi connectivity index (χ0v) is 12.4. The summed E-state index contributed by atoms with van der Waals surface area (Å²) in [5.41, 5.74) is 0. The van der Waals surface area contributed by atoms with E-state index in [9.17, 15) is 0 Å². The molecule has 0 aromatic carbocycles. The summed E-state index contributed by atoms with van der Waals surface area (Å²) in [6.07, 6.45) is 13.5. The van der Waals surface area contributed by atoms with Crippen LogP contribution in [0.2, 0.25) is 0 Å². The van der Waals surface area contributed by atoms with Gasteiger partial charge in [0, 0.05) is 12.1 Å². The van der Waals surface area contributed by atoms with E-state index in [1.165, 1.54) is 58.3 Å². The quantitative estimate of drug-likeness (QED) is 0.754. The lowest BCUT2D eigenvalue weighted by molar-refractivity contribution is 0.0562. The molecule has 19 heavy (non-hydrogen) atoms. The molecule has 2 bridgehead atoms. The number of fused-ring (bicyclic) bond motifs is 2. The fourth-order valence-corrected chi connectivity index (χ4v) is 5.52. The molecule has 108 valence electrons. The zero-order chi connectivity index (χ0) is 12.7. The lowest BCUT2D eigenvalue weighted by Gasteiger charge is -2.43. The monoisotopic (exact) mass is 262 g/mol. The first kappa shape index (κ1) is 12.6. The van der Waals surface area contributed by atoms with Gasteiger partial charge >= 0.3 is 0 Å². The third-order valence-electron chi connectivity index (χ3n) is 6.58. The average molecular weight is 262 g/mol. The van der Waals surface area contributed by atoms with E-state index in [2.05, 4.69) is 9.80 Å². The first-order valence-corrected chi connectivity index (χ1v) is 8.88. The summed E-state index contributed by atoms with van der Waals surface area (Å²) < 4.78 is 0. The Kier molecular flexibility index (Phi) is 3.57. The Bertz CT molecular complexity index is 302. The van der Waals surface area contributed by atoms with Gasteiger partial charge in [0.2, 0.25) is 0 Å². The van der Waals surface area contributed by atoms with Gasteiger partial charge in [0.15, 0.2) is 0 Å². The molecule has 2 heterocycles. The second kappa shape index (κ2) is 5.37. The van der Waals surface area contributed by atoms with Crippen LogP contribution in [0.15, 0.2) is 0 Å². The SMILES string of the molecule is C1CCN(C2CCN([C@H]3C[C@H]4CC[C@@H]3C4)CC2)CC1. The van der Waals surface area contributed by atoms with Crippen molar-refractivity contribution in [3.8, 4) is 0 Å². The maximum Gasteiger partial charge on any atom is 0.0126 e. The van der Waals surface area contributed by atoms with Crippen LogP contribution < -0.4 is 0 Å². The van der Waals surface area contributed by atoms with Gasteiger partial charge in [0.25, 0.3) is 0 Å². The summed E-state index contributed by atoms with van der Waals surface area (Å²) in [7, 11) is 0. The molecule has 4 aliphatic rings. The molecule has 0 spiro atoms. The Morgan fingerprint density at radius 3 is 2.05 bits per heavy atom. The smallest absolute Gasteiger partial charge is 0.0126 e. The van der Waals surface area contributed by atoms with Crippen LogP contribution in [0.25, 0.3) is 0 Å². The fraction of sp³-hybridized carbons (Fsp3) is 1.00. The molecule has 2 nitrogen and oxygen atoms in total. The van der Waals surface area contributed by atoms with Crippen molar-refractivity contribution in [1.82, 2.24) is 9.80 Å². The van der Waals surface area contributed by atoms with Crippen LogP contribution in [0.3, 0.4) is 0 Å². The van der Waals surface area contributed by atoms with E-state index in [1.54, 1.807) is 25.7 Å². The van der Waals surface area contributed by atoms with Crippen molar-refractivity contribution < 1.29 is 0 Å². The van der Waals surface area contributed by atoms with Crippen molar-refractivity contribution in [2.75, 3.05) is 26.2 Å². The van der Waals surface area contributed by atoms with Crippen LogP contribution >= 0.6 is 0 Å². The Balaban J connectivity index is 1.30. The van der Waals surface area contributed by atoms with Gasteiger partial charge < -0.3 is 4.90 Å². The van der Waals surface area contributed by atoms with E-state index in [0.29, 0.717) is 0 Å². The maximum atomic E-state index is 2.88. The topological polar surface area (TPSA) is 6.48 Å². The highest BCUT2D eigenvalue weighted by atomic mass is 15.2. The predicted molar refractivity (Wildman–Crippen MR) is 79.3 cm³/mol. The Labute approximate surface area is 118 Å². The third-order valence-corrected chi connectivity index (χ3v) is 6.58. The predicted octanol–water partition coefficient (Wildman–Crippen LogP) is 3.13. The van der Waals surface area contributed by atoms with Crippen molar-refractivity contribution in [3.05, 3.63) is 0 Å². The van der Waals surface area contributed by atoms with Crippen molar-refractivity contribution in [2.45, 2.75) is 69.9 Å². The molecule has 0 aromatic rings. The summed E-state index contributed by atoms with van der Waals surface area (Å²) in [5.74, 6) is 2.19. The minimum absolute atomic E-state index is 0.926. The summed E-state index contributed by atoms with van der Waals surface area (Å²) in [4.78, 5) is 5.69. The Morgan fingerprint density at radius 1 is 0.632 bits per heavy atom. The van der Waals surface area contributed by atoms with Gasteiger partial charge in [0.1, 0.15) is 0 Å². The van der Waals surface area contributed by atoms with Gasteiger partial charge in [-0.2, -0.15) is 0 Å². The van der Waals surface area contributed by atoms with E-state index in [4.69, 9.17) is 0 Å². The molecule has 4 fully saturated rings. The summed E-state index contributed by atoms with van der Waals surface area (Å²) >= 11 is 0. The van der Waals surface area contributed by atoms with Gasteiger partial charge in [-0.1, -0.05) is 12.8 Å². The van der Waals surface area contributed by atoms with Gasteiger partial charge in [-0.15, -0.1) is 0 Å². The Morgan fingerprint density at radius 2 is 1.42 bits per heavy atom. The number of hydrogen-bond acceptors (Lipinski definition) is 2. The highest BCUT2D eigenvalue weighted by Gasteiger charge is 2.43. The number of rotatable bonds is 2. The molecule has 0 unspecified atom stereocenters. The van der Waals surface area contributed by atoms with E-state index < -0.39 is 0 Å². The number of piperidine rings is 2. The average Bonchev–Trinajstić information content (AvgIpc) is 3.11. The fourth-order valence-electron chi connectivity index (χ4n) is 5.52. The molecule has 0 amide bonds. The molecule has 2 heteroatoms. The van der Waals surface area contributed by atoms with Gasteiger partial charge in [-0.05, 0) is 83.0 Å². The van der Waals surface area contributed by atoms with Crippen LogP contribution in [0.5, 0.6) is 0 Å². The maximum absolute atomic E-state index is 2.88. The number of nitrogens with zero attached hydrogens (tertiary/aromatic N) is 2. The van der Waals surface area contributed by atoms with E-state index in [1.807, 2.05) is 0 Å². The molecule has 2 saturated heterocycles. The molecular weight excluding hydrogens is 232 g/mol. The van der Waals surface area contributed by atoms with Gasteiger partial charge in [0.05, 0.1) is 0 Å². The largest absolute Gasteiger partial charge is 0.300 e. The molecule has 2 saturated carbocycles. The standard InChI is InChI=1S/C17H30N2/c1-2-8-18(9-3-1)16-6-10-19(11-7-16)17-13-14-4-5-15(17)12-14/h14-17H,1-13H2/t14-,15+,17-/m0/s1. The first-order valence-electron chi connectivity index (χ1n) is 8.88. The Hall–Kier alpha value is -0.0800. The molecule has 0 N–H and O–H groups in total. The summed E-state index contributed by atoms with van der Waals surface area (Å²) in [6.45, 7) is 5.57. The lowest BCUT2D eigenvalue weighted by atomic mass is 9.91. The first-order chi connectivity index (χ1) is 9.40. The zero-order valence-electron chi connectivity index (χ0n) is 12.4. The second-order valence-electron chi connectivity index (χ2n) is 7.61. The normalized spacial score (nSPS) is 42.0. The van der Waals surface area contributed by atoms with E-state index >= 15 is 0 Å². The van der Waals surface area contributed by atoms with Crippen molar-refractivity contribution in [2.24, 2.45) is 11.8 Å².